The molecule has 0 radical (unpaired) electrons. The van der Waals surface area contributed by atoms with E-state index in [4.69, 9.17) is 5.11 Å². The number of rotatable bonds is 2. The van der Waals surface area contributed by atoms with E-state index in [1.165, 1.54) is 23.6 Å². The third-order valence-electron chi connectivity index (χ3n) is 1.69. The molecule has 72 valence electrons. The fraction of sp³-hybridized carbons (Fsp3) is 0.111. The van der Waals surface area contributed by atoms with Gasteiger partial charge in [-0.15, -0.1) is 11.3 Å². The van der Waals surface area contributed by atoms with Gasteiger partial charge in [0.25, 0.3) is 0 Å². The van der Waals surface area contributed by atoms with E-state index in [0.717, 1.165) is 0 Å². The van der Waals surface area contributed by atoms with Crippen molar-refractivity contribution < 1.29 is 9.50 Å². The number of nitrogens with zero attached hydrogens (tertiary/aromatic N) is 2. The van der Waals surface area contributed by atoms with Crippen LogP contribution in [0.3, 0.4) is 0 Å². The number of aromatic nitrogens is 2. The molecule has 0 aliphatic rings. The van der Waals surface area contributed by atoms with Gasteiger partial charge in [0.15, 0.2) is 0 Å². The molecule has 5 heteroatoms. The summed E-state index contributed by atoms with van der Waals surface area (Å²) < 4.78 is 12.8. The first-order chi connectivity index (χ1) is 6.79. The van der Waals surface area contributed by atoms with Crippen molar-refractivity contribution in [2.75, 3.05) is 0 Å². The van der Waals surface area contributed by atoms with E-state index in [1.807, 2.05) is 0 Å². The van der Waals surface area contributed by atoms with Crippen molar-refractivity contribution in [2.24, 2.45) is 0 Å². The van der Waals surface area contributed by atoms with E-state index < -0.39 is 5.95 Å². The van der Waals surface area contributed by atoms with Crippen molar-refractivity contribution in [1.29, 1.82) is 0 Å². The molecule has 0 unspecified atom stereocenters. The highest BCUT2D eigenvalue weighted by Crippen LogP contribution is 2.23. The van der Waals surface area contributed by atoms with Crippen LogP contribution in [0.25, 0.3) is 10.6 Å². The van der Waals surface area contributed by atoms with Gasteiger partial charge >= 0.3 is 0 Å². The second kappa shape index (κ2) is 3.81. The third-order valence-corrected chi connectivity index (χ3v) is 2.63. The van der Waals surface area contributed by atoms with E-state index in [2.05, 4.69) is 9.97 Å². The van der Waals surface area contributed by atoms with Crippen molar-refractivity contribution in [3.63, 3.8) is 0 Å². The molecule has 0 aliphatic heterocycles. The van der Waals surface area contributed by atoms with Crippen molar-refractivity contribution >= 4 is 11.3 Å². The quantitative estimate of drug-likeness (QED) is 0.769. The lowest BCUT2D eigenvalue weighted by Crippen LogP contribution is -1.85. The van der Waals surface area contributed by atoms with Gasteiger partial charge in [0, 0.05) is 23.2 Å². The van der Waals surface area contributed by atoms with Crippen molar-refractivity contribution in [3.8, 4) is 10.6 Å². The van der Waals surface area contributed by atoms with Gasteiger partial charge in [-0.05, 0) is 6.07 Å². The Hall–Kier alpha value is -1.33. The summed E-state index contributed by atoms with van der Waals surface area (Å²) in [6.45, 7) is -0.0932. The summed E-state index contributed by atoms with van der Waals surface area (Å²) in [5.74, 6) is -0.525. The molecule has 0 aliphatic carbocycles. The van der Waals surface area contributed by atoms with Gasteiger partial charge in [-0.1, -0.05) is 0 Å². The first-order valence-corrected chi connectivity index (χ1v) is 4.85. The minimum absolute atomic E-state index is 0.0932. The summed E-state index contributed by atoms with van der Waals surface area (Å²) in [6.07, 6.45) is 1.39. The van der Waals surface area contributed by atoms with Crippen LogP contribution in [-0.2, 0) is 6.61 Å². The van der Waals surface area contributed by atoms with E-state index in [0.29, 0.717) is 16.3 Å². The molecule has 0 saturated carbocycles. The van der Waals surface area contributed by atoms with Gasteiger partial charge in [0.05, 0.1) is 12.3 Å². The summed E-state index contributed by atoms with van der Waals surface area (Å²) in [6, 6.07) is 3.00. The minimum atomic E-state index is -0.525. The zero-order chi connectivity index (χ0) is 9.97. The molecule has 3 nitrogen and oxygen atoms in total. The van der Waals surface area contributed by atoms with Crippen LogP contribution in [-0.4, -0.2) is 15.1 Å². The lowest BCUT2D eigenvalue weighted by molar-refractivity contribution is 0.278. The third kappa shape index (κ3) is 1.78. The second-order valence-electron chi connectivity index (χ2n) is 2.67. The number of pyridine rings is 1. The lowest BCUT2D eigenvalue weighted by Gasteiger charge is -1.94. The predicted molar refractivity (Wildman–Crippen MR) is 51.2 cm³/mol. The number of hydrogen-bond donors (Lipinski definition) is 1. The van der Waals surface area contributed by atoms with Crippen LogP contribution >= 0.6 is 11.3 Å². The molecule has 2 aromatic heterocycles. The highest BCUT2D eigenvalue weighted by molar-refractivity contribution is 7.13. The SMILES string of the molecule is OCc1csc(-c2ccnc(F)c2)n1. The summed E-state index contributed by atoms with van der Waals surface area (Å²) in [5.41, 5.74) is 1.28. The molecule has 2 heterocycles. The van der Waals surface area contributed by atoms with Gasteiger partial charge in [-0.3, -0.25) is 0 Å². The number of halogens is 1. The molecule has 0 bridgehead atoms. The van der Waals surface area contributed by atoms with E-state index in [9.17, 15) is 4.39 Å². The molecule has 0 aromatic carbocycles. The summed E-state index contributed by atoms with van der Waals surface area (Å²) in [5, 5.41) is 11.2. The maximum absolute atomic E-state index is 12.8. The summed E-state index contributed by atoms with van der Waals surface area (Å²) >= 11 is 1.37. The number of hydrogen-bond acceptors (Lipinski definition) is 4. The Kier molecular flexibility index (Phi) is 2.51. The van der Waals surface area contributed by atoms with Gasteiger partial charge < -0.3 is 5.11 Å². The topological polar surface area (TPSA) is 46.0 Å². The van der Waals surface area contributed by atoms with E-state index in [1.54, 1.807) is 11.4 Å². The first-order valence-electron chi connectivity index (χ1n) is 3.97. The Morgan fingerprint density at radius 2 is 2.36 bits per heavy atom. The van der Waals surface area contributed by atoms with E-state index >= 15 is 0 Å². The Bertz CT molecular complexity index is 444. The predicted octanol–water partition coefficient (Wildman–Crippen LogP) is 1.84. The highest BCUT2D eigenvalue weighted by Gasteiger charge is 2.04. The molecule has 1 N–H and O–H groups in total. The average Bonchev–Trinajstić information content (AvgIpc) is 2.66. The molecule has 14 heavy (non-hydrogen) atoms. The van der Waals surface area contributed by atoms with Crippen molar-refractivity contribution in [1.82, 2.24) is 9.97 Å². The molecule has 0 amide bonds. The van der Waals surface area contributed by atoms with Crippen LogP contribution in [0.4, 0.5) is 4.39 Å². The van der Waals surface area contributed by atoms with Gasteiger partial charge in [-0.25, -0.2) is 9.97 Å². The fourth-order valence-corrected chi connectivity index (χ4v) is 1.86. The molecule has 0 saturated heterocycles. The highest BCUT2D eigenvalue weighted by atomic mass is 32.1. The fourth-order valence-electron chi connectivity index (χ4n) is 1.05. The minimum Gasteiger partial charge on any atom is -0.390 e. The number of thiazole rings is 1. The Labute approximate surface area is 83.9 Å². The standard InChI is InChI=1S/C9H7FN2OS/c10-8-3-6(1-2-11-8)9-12-7(4-13)5-14-9/h1-3,5,13H,4H2. The van der Waals surface area contributed by atoms with Gasteiger partial charge in [-0.2, -0.15) is 4.39 Å². The van der Waals surface area contributed by atoms with Crippen LogP contribution < -0.4 is 0 Å². The molecule has 0 spiro atoms. The Morgan fingerprint density at radius 3 is 3.00 bits per heavy atom. The van der Waals surface area contributed by atoms with Crippen LogP contribution in [0.2, 0.25) is 0 Å². The normalized spacial score (nSPS) is 10.4. The second-order valence-corrected chi connectivity index (χ2v) is 3.53. The Morgan fingerprint density at radius 1 is 1.50 bits per heavy atom. The van der Waals surface area contributed by atoms with Crippen LogP contribution in [0, 0.1) is 5.95 Å². The van der Waals surface area contributed by atoms with Gasteiger partial charge in [0.1, 0.15) is 5.01 Å². The van der Waals surface area contributed by atoms with Crippen molar-refractivity contribution in [3.05, 3.63) is 35.4 Å². The molecular formula is C9H7FN2OS. The maximum atomic E-state index is 12.8. The maximum Gasteiger partial charge on any atom is 0.213 e. The van der Waals surface area contributed by atoms with E-state index in [-0.39, 0.29) is 6.61 Å². The average molecular weight is 210 g/mol. The largest absolute Gasteiger partial charge is 0.390 e. The molecule has 2 aromatic rings. The number of aliphatic hydroxyl groups excluding tert-OH is 1. The zero-order valence-electron chi connectivity index (χ0n) is 7.14. The monoisotopic (exact) mass is 210 g/mol. The first kappa shape index (κ1) is 9.23. The van der Waals surface area contributed by atoms with Gasteiger partial charge in [0.2, 0.25) is 5.95 Å². The van der Waals surface area contributed by atoms with Crippen molar-refractivity contribution in [2.45, 2.75) is 6.61 Å². The van der Waals surface area contributed by atoms with Crippen LogP contribution in [0.1, 0.15) is 5.69 Å². The summed E-state index contributed by atoms with van der Waals surface area (Å²) in [7, 11) is 0. The number of aliphatic hydroxyl groups is 1. The smallest absolute Gasteiger partial charge is 0.213 e. The molecule has 0 atom stereocenters. The molecular weight excluding hydrogens is 203 g/mol. The summed E-state index contributed by atoms with van der Waals surface area (Å²) in [4.78, 5) is 7.57. The van der Waals surface area contributed by atoms with Crippen LogP contribution in [0.5, 0.6) is 0 Å². The zero-order valence-corrected chi connectivity index (χ0v) is 7.96. The lowest BCUT2D eigenvalue weighted by atomic mass is 10.3. The molecule has 0 fully saturated rings. The van der Waals surface area contributed by atoms with Crippen LogP contribution in [0.15, 0.2) is 23.7 Å². The Balaban J connectivity index is 2.39. The molecule has 2 rings (SSSR count).